The first-order chi connectivity index (χ1) is 9.12. The Morgan fingerprint density at radius 2 is 2.11 bits per heavy atom. The first kappa shape index (κ1) is 13.8. The topological polar surface area (TPSA) is 33.7 Å². The van der Waals surface area contributed by atoms with Crippen molar-refractivity contribution in [3.05, 3.63) is 0 Å². The predicted molar refractivity (Wildman–Crippen MR) is 75.4 cm³/mol. The molecule has 3 aliphatic rings. The van der Waals surface area contributed by atoms with Gasteiger partial charge in [-0.15, -0.1) is 0 Å². The number of rotatable bonds is 5. The monoisotopic (exact) mass is 268 g/mol. The highest BCUT2D eigenvalue weighted by atomic mass is 16.5. The highest BCUT2D eigenvalue weighted by molar-refractivity contribution is 4.88. The second-order valence-corrected chi connectivity index (χ2v) is 6.94. The summed E-state index contributed by atoms with van der Waals surface area (Å²) in [6, 6.07) is 1.31. The Bertz CT molecular complexity index is 305. The van der Waals surface area contributed by atoms with Crippen molar-refractivity contribution in [2.24, 2.45) is 0 Å². The number of hydrogen-bond donors (Lipinski definition) is 1. The van der Waals surface area contributed by atoms with Crippen LogP contribution in [0.4, 0.5) is 0 Å². The summed E-state index contributed by atoms with van der Waals surface area (Å²) in [5.74, 6) is 0. The maximum Gasteiger partial charge on any atom is 0.0710 e. The average Bonchev–Trinajstić information content (AvgIpc) is 3.13. The van der Waals surface area contributed by atoms with Gasteiger partial charge in [0.1, 0.15) is 0 Å². The maximum atomic E-state index is 6.13. The average molecular weight is 268 g/mol. The van der Waals surface area contributed by atoms with E-state index in [1.807, 2.05) is 0 Å². The molecule has 0 amide bonds. The summed E-state index contributed by atoms with van der Waals surface area (Å²) >= 11 is 0. The molecule has 3 rings (SSSR count). The molecule has 2 unspecified atom stereocenters. The van der Waals surface area contributed by atoms with E-state index in [0.29, 0.717) is 12.1 Å². The Morgan fingerprint density at radius 1 is 1.26 bits per heavy atom. The van der Waals surface area contributed by atoms with Crippen molar-refractivity contribution in [3.63, 3.8) is 0 Å². The lowest BCUT2D eigenvalue weighted by Gasteiger charge is -2.37. The Balaban J connectivity index is 1.48. The Hall–Kier alpha value is -0.160. The SMILES string of the molecule is CC1(C)CCC(CN2CCOCC2CNC2CC2)O1. The summed E-state index contributed by atoms with van der Waals surface area (Å²) in [7, 11) is 0. The standard InChI is InChI=1S/C15H28N2O2/c1-15(2)6-5-14(19-15)10-17-7-8-18-11-13(17)9-16-12-3-4-12/h12-14,16H,3-11H2,1-2H3. The van der Waals surface area contributed by atoms with Crippen molar-refractivity contribution in [3.8, 4) is 0 Å². The molecule has 4 nitrogen and oxygen atoms in total. The molecule has 19 heavy (non-hydrogen) atoms. The van der Waals surface area contributed by atoms with E-state index in [2.05, 4.69) is 24.1 Å². The molecule has 1 aliphatic carbocycles. The lowest BCUT2D eigenvalue weighted by atomic mass is 10.1. The molecule has 110 valence electrons. The molecule has 4 heteroatoms. The lowest BCUT2D eigenvalue weighted by Crippen LogP contribution is -2.52. The maximum absolute atomic E-state index is 6.13. The minimum atomic E-state index is 0.0821. The zero-order valence-electron chi connectivity index (χ0n) is 12.4. The fraction of sp³-hybridized carbons (Fsp3) is 1.00. The van der Waals surface area contributed by atoms with Gasteiger partial charge in [0.15, 0.2) is 0 Å². The first-order valence-electron chi connectivity index (χ1n) is 7.85. The molecule has 0 aromatic heterocycles. The first-order valence-corrected chi connectivity index (χ1v) is 7.85. The van der Waals surface area contributed by atoms with Crippen LogP contribution in [-0.4, -0.2) is 61.5 Å². The molecule has 0 spiro atoms. The summed E-state index contributed by atoms with van der Waals surface area (Å²) in [6.07, 6.45) is 5.51. The molecular formula is C15H28N2O2. The van der Waals surface area contributed by atoms with Crippen molar-refractivity contribution in [1.29, 1.82) is 0 Å². The van der Waals surface area contributed by atoms with Crippen LogP contribution >= 0.6 is 0 Å². The molecule has 0 aromatic carbocycles. The molecule has 0 aromatic rings. The lowest BCUT2D eigenvalue weighted by molar-refractivity contribution is -0.0606. The van der Waals surface area contributed by atoms with Crippen molar-refractivity contribution >= 4 is 0 Å². The third kappa shape index (κ3) is 3.91. The van der Waals surface area contributed by atoms with Gasteiger partial charge in [-0.1, -0.05) is 0 Å². The predicted octanol–water partition coefficient (Wildman–Crippen LogP) is 1.40. The fourth-order valence-electron chi connectivity index (χ4n) is 3.18. The number of nitrogens with zero attached hydrogens (tertiary/aromatic N) is 1. The van der Waals surface area contributed by atoms with Crippen molar-refractivity contribution < 1.29 is 9.47 Å². The van der Waals surface area contributed by atoms with Gasteiger partial charge in [-0.2, -0.15) is 0 Å². The van der Waals surface area contributed by atoms with E-state index in [9.17, 15) is 0 Å². The third-order valence-corrected chi connectivity index (χ3v) is 4.56. The second-order valence-electron chi connectivity index (χ2n) is 6.94. The largest absolute Gasteiger partial charge is 0.378 e. The van der Waals surface area contributed by atoms with Crippen LogP contribution in [0.25, 0.3) is 0 Å². The Kier molecular flexibility index (Phi) is 4.13. The van der Waals surface area contributed by atoms with Crippen LogP contribution in [0.3, 0.4) is 0 Å². The fourth-order valence-corrected chi connectivity index (χ4v) is 3.18. The van der Waals surface area contributed by atoms with Gasteiger partial charge >= 0.3 is 0 Å². The van der Waals surface area contributed by atoms with Gasteiger partial charge in [0.2, 0.25) is 0 Å². The summed E-state index contributed by atoms with van der Waals surface area (Å²) in [5.41, 5.74) is 0.0821. The van der Waals surface area contributed by atoms with Gasteiger partial charge in [0.25, 0.3) is 0 Å². The van der Waals surface area contributed by atoms with Crippen LogP contribution in [0, 0.1) is 0 Å². The van der Waals surface area contributed by atoms with Gasteiger partial charge in [0, 0.05) is 31.7 Å². The Morgan fingerprint density at radius 3 is 2.79 bits per heavy atom. The molecule has 1 saturated carbocycles. The van der Waals surface area contributed by atoms with Crippen molar-refractivity contribution in [2.75, 3.05) is 32.8 Å². The molecule has 0 bridgehead atoms. The quantitative estimate of drug-likeness (QED) is 0.817. The minimum Gasteiger partial charge on any atom is -0.378 e. The molecule has 2 aliphatic heterocycles. The highest BCUT2D eigenvalue weighted by Crippen LogP contribution is 2.30. The van der Waals surface area contributed by atoms with Gasteiger partial charge < -0.3 is 14.8 Å². The number of morpholine rings is 1. The second kappa shape index (κ2) is 5.68. The van der Waals surface area contributed by atoms with E-state index in [1.54, 1.807) is 0 Å². The van der Waals surface area contributed by atoms with Crippen LogP contribution in [-0.2, 0) is 9.47 Å². The van der Waals surface area contributed by atoms with Gasteiger partial charge in [-0.05, 0) is 39.5 Å². The van der Waals surface area contributed by atoms with Gasteiger partial charge in [-0.25, -0.2) is 0 Å². The molecule has 1 N–H and O–H groups in total. The van der Waals surface area contributed by atoms with Crippen LogP contribution in [0.15, 0.2) is 0 Å². The normalized spacial score (nSPS) is 35.7. The van der Waals surface area contributed by atoms with Gasteiger partial charge in [-0.3, -0.25) is 4.90 Å². The third-order valence-electron chi connectivity index (χ3n) is 4.56. The number of ether oxygens (including phenoxy) is 2. The molecule has 0 radical (unpaired) electrons. The summed E-state index contributed by atoms with van der Waals surface area (Å²) < 4.78 is 11.8. The van der Waals surface area contributed by atoms with E-state index in [-0.39, 0.29) is 5.60 Å². The zero-order chi connectivity index (χ0) is 13.3. The van der Waals surface area contributed by atoms with Crippen LogP contribution in [0.1, 0.15) is 39.5 Å². The minimum absolute atomic E-state index is 0.0821. The smallest absolute Gasteiger partial charge is 0.0710 e. The number of hydrogen-bond acceptors (Lipinski definition) is 4. The molecule has 3 fully saturated rings. The highest BCUT2D eigenvalue weighted by Gasteiger charge is 2.35. The molecule has 2 atom stereocenters. The zero-order valence-corrected chi connectivity index (χ0v) is 12.4. The van der Waals surface area contributed by atoms with Gasteiger partial charge in [0.05, 0.1) is 24.9 Å². The van der Waals surface area contributed by atoms with Crippen molar-refractivity contribution in [2.45, 2.75) is 63.3 Å². The van der Waals surface area contributed by atoms with Crippen molar-refractivity contribution in [1.82, 2.24) is 10.2 Å². The van der Waals surface area contributed by atoms with E-state index >= 15 is 0 Å². The van der Waals surface area contributed by atoms with E-state index in [1.165, 1.54) is 25.7 Å². The molecule has 2 saturated heterocycles. The molecular weight excluding hydrogens is 240 g/mol. The summed E-state index contributed by atoms with van der Waals surface area (Å²) in [5, 5.41) is 3.63. The molecule has 2 heterocycles. The summed E-state index contributed by atoms with van der Waals surface area (Å²) in [4.78, 5) is 2.57. The van der Waals surface area contributed by atoms with E-state index < -0.39 is 0 Å². The Labute approximate surface area is 116 Å². The van der Waals surface area contributed by atoms with E-state index in [4.69, 9.17) is 9.47 Å². The summed E-state index contributed by atoms with van der Waals surface area (Å²) in [6.45, 7) is 9.35. The number of nitrogens with one attached hydrogen (secondary N) is 1. The van der Waals surface area contributed by atoms with Crippen LogP contribution in [0.5, 0.6) is 0 Å². The van der Waals surface area contributed by atoms with Crippen LogP contribution < -0.4 is 5.32 Å². The van der Waals surface area contributed by atoms with Crippen LogP contribution in [0.2, 0.25) is 0 Å². The van der Waals surface area contributed by atoms with E-state index in [0.717, 1.165) is 38.9 Å².